The lowest BCUT2D eigenvalue weighted by molar-refractivity contribution is -0.129. The highest BCUT2D eigenvalue weighted by Crippen LogP contribution is 2.56. The molecule has 31 heavy (non-hydrogen) atoms. The summed E-state index contributed by atoms with van der Waals surface area (Å²) < 4.78 is 6.22. The first kappa shape index (κ1) is 19.3. The second-order valence-electron chi connectivity index (χ2n) is 10.4. The van der Waals surface area contributed by atoms with Crippen molar-refractivity contribution < 1.29 is 9.84 Å². The molecule has 0 aromatic carbocycles. The molecule has 8 heteroatoms. The van der Waals surface area contributed by atoms with Crippen LogP contribution in [0.3, 0.4) is 0 Å². The van der Waals surface area contributed by atoms with Gasteiger partial charge in [-0.05, 0) is 82.5 Å². The molecule has 2 aromatic heterocycles. The Balaban J connectivity index is 1.25. The van der Waals surface area contributed by atoms with E-state index in [1.165, 1.54) is 25.7 Å². The third-order valence-corrected chi connectivity index (χ3v) is 7.79. The Morgan fingerprint density at radius 1 is 1.06 bits per heavy atom. The lowest BCUT2D eigenvalue weighted by atomic mass is 9.52. The van der Waals surface area contributed by atoms with Crippen LogP contribution in [-0.4, -0.2) is 43.0 Å². The number of H-pyrrole nitrogens is 1. The Hall–Kier alpha value is -2.35. The fraction of sp³-hybridized carbons (Fsp3) is 0.696. The van der Waals surface area contributed by atoms with Crippen LogP contribution in [0.15, 0.2) is 12.1 Å². The van der Waals surface area contributed by atoms with Crippen LogP contribution in [0.25, 0.3) is 0 Å². The molecular weight excluding hydrogens is 392 g/mol. The smallest absolute Gasteiger partial charge is 0.228 e. The molecule has 5 aliphatic carbocycles. The first-order valence-corrected chi connectivity index (χ1v) is 11.9. The van der Waals surface area contributed by atoms with Gasteiger partial charge in [0.05, 0.1) is 5.60 Å². The Morgan fingerprint density at radius 3 is 2.52 bits per heavy atom. The molecule has 0 amide bonds. The predicted octanol–water partition coefficient (Wildman–Crippen LogP) is 3.92. The van der Waals surface area contributed by atoms with Crippen LogP contribution in [0.1, 0.15) is 63.5 Å². The number of hydrogen-bond acceptors (Lipinski definition) is 7. The lowest BCUT2D eigenvalue weighted by Gasteiger charge is -2.58. The van der Waals surface area contributed by atoms with Gasteiger partial charge in [0.15, 0.2) is 5.82 Å². The van der Waals surface area contributed by atoms with Gasteiger partial charge in [0.2, 0.25) is 11.8 Å². The van der Waals surface area contributed by atoms with E-state index >= 15 is 0 Å². The first-order chi connectivity index (χ1) is 15.0. The van der Waals surface area contributed by atoms with Crippen molar-refractivity contribution in [3.8, 4) is 5.88 Å². The van der Waals surface area contributed by atoms with Crippen molar-refractivity contribution in [2.24, 2.45) is 17.8 Å². The predicted molar refractivity (Wildman–Crippen MR) is 117 cm³/mol. The average Bonchev–Trinajstić information content (AvgIpc) is 3.35. The molecule has 2 atom stereocenters. The summed E-state index contributed by atoms with van der Waals surface area (Å²) in [7, 11) is 0. The van der Waals surface area contributed by atoms with Crippen LogP contribution in [0, 0.1) is 24.7 Å². The number of hydrogen-bond donors (Lipinski definition) is 4. The van der Waals surface area contributed by atoms with E-state index < -0.39 is 5.60 Å². The molecule has 7 rings (SSSR count). The van der Waals surface area contributed by atoms with E-state index in [9.17, 15) is 5.11 Å². The van der Waals surface area contributed by atoms with Gasteiger partial charge in [-0.2, -0.15) is 15.1 Å². The molecule has 0 radical (unpaired) electrons. The number of nitrogens with one attached hydrogen (secondary N) is 3. The molecule has 166 valence electrons. The normalized spacial score (nSPS) is 34.3. The first-order valence-electron chi connectivity index (χ1n) is 11.9. The zero-order chi connectivity index (χ0) is 21.0. The molecule has 2 aromatic rings. The highest BCUT2D eigenvalue weighted by Gasteiger charge is 2.54. The zero-order valence-electron chi connectivity index (χ0n) is 18.1. The van der Waals surface area contributed by atoms with Gasteiger partial charge in [0.1, 0.15) is 11.9 Å². The summed E-state index contributed by atoms with van der Waals surface area (Å²) in [6, 6.07) is 4.14. The largest absolute Gasteiger partial charge is 0.474 e. The van der Waals surface area contributed by atoms with E-state index in [2.05, 4.69) is 20.8 Å². The molecule has 8 nitrogen and oxygen atoms in total. The number of aryl methyl sites for hydroxylation is 1. The van der Waals surface area contributed by atoms with Crippen molar-refractivity contribution in [3.63, 3.8) is 0 Å². The van der Waals surface area contributed by atoms with E-state index in [-0.39, 0.29) is 6.10 Å². The number of aromatic nitrogens is 4. The zero-order valence-corrected chi connectivity index (χ0v) is 18.1. The summed E-state index contributed by atoms with van der Waals surface area (Å²) in [6.07, 6.45) is 10.0. The Morgan fingerprint density at radius 2 is 1.84 bits per heavy atom. The fourth-order valence-corrected chi connectivity index (χ4v) is 6.77. The third kappa shape index (κ3) is 3.86. The van der Waals surface area contributed by atoms with Gasteiger partial charge in [-0.15, -0.1) is 0 Å². The topological polar surface area (TPSA) is 108 Å². The van der Waals surface area contributed by atoms with Crippen LogP contribution in [0.5, 0.6) is 5.88 Å². The lowest BCUT2D eigenvalue weighted by Crippen LogP contribution is -2.59. The number of rotatable bonds is 6. The Bertz CT molecular complexity index is 939. The summed E-state index contributed by atoms with van der Waals surface area (Å²) in [6.45, 7) is 1.97. The Kier molecular flexibility index (Phi) is 4.59. The maximum atomic E-state index is 10.9. The summed E-state index contributed by atoms with van der Waals surface area (Å²) in [5.74, 6) is 4.29. The van der Waals surface area contributed by atoms with E-state index in [1.54, 1.807) is 0 Å². The molecule has 5 aliphatic rings. The maximum absolute atomic E-state index is 10.9. The highest BCUT2D eigenvalue weighted by molar-refractivity contribution is 5.55. The maximum Gasteiger partial charge on any atom is 0.228 e. The van der Waals surface area contributed by atoms with Crippen LogP contribution < -0.4 is 15.4 Å². The van der Waals surface area contributed by atoms with Crippen molar-refractivity contribution in [3.05, 3.63) is 17.8 Å². The van der Waals surface area contributed by atoms with Gasteiger partial charge in [-0.25, -0.2) is 0 Å². The minimum Gasteiger partial charge on any atom is -0.474 e. The van der Waals surface area contributed by atoms with E-state index in [0.29, 0.717) is 41.4 Å². The van der Waals surface area contributed by atoms with Gasteiger partial charge in [-0.3, -0.25) is 5.10 Å². The Labute approximate surface area is 182 Å². The molecule has 5 saturated carbocycles. The van der Waals surface area contributed by atoms with Crippen LogP contribution in [-0.2, 0) is 0 Å². The van der Waals surface area contributed by atoms with Crippen molar-refractivity contribution in [1.29, 1.82) is 0 Å². The van der Waals surface area contributed by atoms with Gasteiger partial charge >= 0.3 is 0 Å². The van der Waals surface area contributed by atoms with Crippen molar-refractivity contribution in [2.75, 3.05) is 10.6 Å². The fourth-order valence-electron chi connectivity index (χ4n) is 6.77. The highest BCUT2D eigenvalue weighted by atomic mass is 16.5. The molecule has 5 fully saturated rings. The van der Waals surface area contributed by atoms with Crippen molar-refractivity contribution in [1.82, 2.24) is 20.2 Å². The molecule has 0 aliphatic heterocycles. The monoisotopic (exact) mass is 424 g/mol. The molecular formula is C23H32N6O2. The molecule has 2 unspecified atom stereocenters. The van der Waals surface area contributed by atoms with E-state index in [1.807, 2.05) is 19.1 Å². The van der Waals surface area contributed by atoms with Crippen LogP contribution >= 0.6 is 0 Å². The third-order valence-electron chi connectivity index (χ3n) is 7.79. The van der Waals surface area contributed by atoms with Crippen LogP contribution in [0.2, 0.25) is 0 Å². The molecule has 2 heterocycles. The molecule has 4 N–H and O–H groups in total. The molecule has 0 spiro atoms. The van der Waals surface area contributed by atoms with Crippen molar-refractivity contribution >= 4 is 17.6 Å². The standard InChI is InChI=1S/C23H32N6O2/c1-13-6-19(29-28-13)24-18-9-20(31-17-4-2-3-5-17)26-22(25-18)27-21-15-7-14-8-16(21)12-23(30,10-14)11-15/h6,9,14-17,21,30H,2-5,7-8,10-12H2,1H3,(H3,24,25,26,27,28,29). The number of aromatic amines is 1. The quantitative estimate of drug-likeness (QED) is 0.556. The molecule has 0 saturated heterocycles. The van der Waals surface area contributed by atoms with Gasteiger partial charge in [0.25, 0.3) is 0 Å². The summed E-state index contributed by atoms with van der Waals surface area (Å²) in [5.41, 5.74) is 0.553. The van der Waals surface area contributed by atoms with E-state index in [0.717, 1.165) is 43.6 Å². The van der Waals surface area contributed by atoms with Gasteiger partial charge in [-0.1, -0.05) is 0 Å². The summed E-state index contributed by atoms with van der Waals surface area (Å²) in [4.78, 5) is 9.49. The van der Waals surface area contributed by atoms with Crippen LogP contribution in [0.4, 0.5) is 17.6 Å². The second kappa shape index (κ2) is 7.36. The second-order valence-corrected chi connectivity index (χ2v) is 10.4. The number of aliphatic hydroxyl groups is 1. The SMILES string of the molecule is Cc1cc(Nc2cc(OC3CCCC3)nc(NC3C4CC5CC3CC(O)(C5)C4)n2)n[nH]1. The van der Waals surface area contributed by atoms with Gasteiger partial charge in [0, 0.05) is 23.9 Å². The molecule has 4 bridgehead atoms. The van der Waals surface area contributed by atoms with Gasteiger partial charge < -0.3 is 20.5 Å². The number of ether oxygens (including phenoxy) is 1. The van der Waals surface area contributed by atoms with Crippen molar-refractivity contribution in [2.45, 2.75) is 82.5 Å². The summed E-state index contributed by atoms with van der Waals surface area (Å²) in [5, 5.41) is 25.1. The van der Waals surface area contributed by atoms with E-state index in [4.69, 9.17) is 14.7 Å². The number of anilines is 3. The average molecular weight is 425 g/mol. The minimum absolute atomic E-state index is 0.235. The minimum atomic E-state index is -0.437. The number of nitrogens with zero attached hydrogens (tertiary/aromatic N) is 3. The summed E-state index contributed by atoms with van der Waals surface area (Å²) >= 11 is 0.